The Kier molecular flexibility index (Phi) is 8.22. The number of nitrogens with zero attached hydrogens (tertiary/aromatic N) is 1. The Bertz CT molecular complexity index is 1270. The van der Waals surface area contributed by atoms with E-state index in [2.05, 4.69) is 123 Å². The monoisotopic (exact) mass is 537 g/mol. The number of hydrogen-bond donors (Lipinski definition) is 0. The molecule has 202 valence electrons. The van der Waals surface area contributed by atoms with Gasteiger partial charge in [0.1, 0.15) is 5.75 Å². The summed E-state index contributed by atoms with van der Waals surface area (Å²) < 4.78 is 19.2. The molecular formula is C34H39NO3Si. The van der Waals surface area contributed by atoms with Crippen LogP contribution < -0.4 is 20.0 Å². The molecule has 5 heteroatoms. The van der Waals surface area contributed by atoms with Crippen LogP contribution in [0, 0.1) is 0 Å². The van der Waals surface area contributed by atoms with Crippen molar-refractivity contribution < 1.29 is 13.9 Å². The molecule has 0 unspecified atom stereocenters. The molecule has 0 spiro atoms. The van der Waals surface area contributed by atoms with Crippen molar-refractivity contribution in [2.45, 2.75) is 44.6 Å². The standard InChI is InChI=1S/C34H39NO3Si/c1-34(2,3)39(30-16-10-6-11-17-30,31-18-12-7-13-19-31)38-26-32-33(37-25-27-14-8-5-9-15-27)24-35(32)28-20-22-29(36-4)23-21-28/h5-23,32-33H,24-26H2,1-4H3/t32-,33+/m1/s1. The largest absolute Gasteiger partial charge is 0.497 e. The summed E-state index contributed by atoms with van der Waals surface area (Å²) in [6.45, 7) is 8.98. The Morgan fingerprint density at radius 3 is 1.79 bits per heavy atom. The lowest BCUT2D eigenvalue weighted by atomic mass is 9.98. The van der Waals surface area contributed by atoms with Crippen LogP contribution in [0.25, 0.3) is 0 Å². The quantitative estimate of drug-likeness (QED) is 0.231. The van der Waals surface area contributed by atoms with Crippen molar-refractivity contribution in [2.75, 3.05) is 25.2 Å². The van der Waals surface area contributed by atoms with Crippen molar-refractivity contribution >= 4 is 24.4 Å². The summed E-state index contributed by atoms with van der Waals surface area (Å²) in [4.78, 5) is 2.41. The van der Waals surface area contributed by atoms with E-state index >= 15 is 0 Å². The van der Waals surface area contributed by atoms with Gasteiger partial charge >= 0.3 is 0 Å². The van der Waals surface area contributed by atoms with Crippen molar-refractivity contribution in [1.29, 1.82) is 0 Å². The molecule has 4 aromatic rings. The minimum Gasteiger partial charge on any atom is -0.497 e. The van der Waals surface area contributed by atoms with E-state index in [-0.39, 0.29) is 17.2 Å². The molecule has 1 heterocycles. The van der Waals surface area contributed by atoms with Gasteiger partial charge in [0.25, 0.3) is 8.32 Å². The van der Waals surface area contributed by atoms with Gasteiger partial charge in [-0.1, -0.05) is 112 Å². The minimum atomic E-state index is -2.66. The van der Waals surface area contributed by atoms with Crippen molar-refractivity contribution in [3.8, 4) is 5.75 Å². The summed E-state index contributed by atoms with van der Waals surface area (Å²) in [7, 11) is -0.957. The van der Waals surface area contributed by atoms with Gasteiger partial charge in [0.05, 0.1) is 32.5 Å². The summed E-state index contributed by atoms with van der Waals surface area (Å²) in [5, 5.41) is 2.51. The van der Waals surface area contributed by atoms with Gasteiger partial charge in [-0.25, -0.2) is 0 Å². The molecule has 0 aromatic heterocycles. The maximum atomic E-state index is 7.34. The molecule has 1 aliphatic rings. The minimum absolute atomic E-state index is 0.0746. The van der Waals surface area contributed by atoms with Crippen LogP contribution in [0.4, 0.5) is 5.69 Å². The van der Waals surface area contributed by atoms with Gasteiger partial charge in [0, 0.05) is 12.2 Å². The number of ether oxygens (including phenoxy) is 2. The summed E-state index contributed by atoms with van der Waals surface area (Å²) >= 11 is 0. The third-order valence-electron chi connectivity index (χ3n) is 7.80. The second-order valence-corrected chi connectivity index (χ2v) is 15.5. The Balaban J connectivity index is 1.46. The average molecular weight is 538 g/mol. The summed E-state index contributed by atoms with van der Waals surface area (Å²) in [5.74, 6) is 0.858. The number of anilines is 1. The third-order valence-corrected chi connectivity index (χ3v) is 12.8. The molecule has 4 aromatic carbocycles. The van der Waals surface area contributed by atoms with Crippen LogP contribution in [0.3, 0.4) is 0 Å². The first kappa shape index (κ1) is 27.2. The highest BCUT2D eigenvalue weighted by Gasteiger charge is 2.52. The van der Waals surface area contributed by atoms with Crippen LogP contribution in [0.2, 0.25) is 5.04 Å². The smallest absolute Gasteiger partial charge is 0.261 e. The first-order chi connectivity index (χ1) is 18.9. The predicted molar refractivity (Wildman–Crippen MR) is 163 cm³/mol. The highest BCUT2D eigenvalue weighted by molar-refractivity contribution is 6.99. The van der Waals surface area contributed by atoms with E-state index in [0.29, 0.717) is 13.2 Å². The van der Waals surface area contributed by atoms with Crippen LogP contribution in [0.1, 0.15) is 26.3 Å². The van der Waals surface area contributed by atoms with Gasteiger partial charge in [-0.2, -0.15) is 0 Å². The summed E-state index contributed by atoms with van der Waals surface area (Å²) in [6.07, 6.45) is 0.0746. The Labute approximate surface area is 234 Å². The van der Waals surface area contributed by atoms with Gasteiger partial charge in [-0.3, -0.25) is 0 Å². The number of benzene rings is 4. The maximum Gasteiger partial charge on any atom is 0.261 e. The summed E-state index contributed by atoms with van der Waals surface area (Å²) in [5.41, 5.74) is 2.35. The molecule has 5 rings (SSSR count). The molecular weight excluding hydrogens is 498 g/mol. The second kappa shape index (κ2) is 11.8. The molecule has 1 fully saturated rings. The topological polar surface area (TPSA) is 30.9 Å². The van der Waals surface area contributed by atoms with Crippen molar-refractivity contribution in [3.63, 3.8) is 0 Å². The third kappa shape index (κ3) is 5.67. The molecule has 4 nitrogen and oxygen atoms in total. The zero-order valence-electron chi connectivity index (χ0n) is 23.4. The lowest BCUT2D eigenvalue weighted by Gasteiger charge is -2.51. The van der Waals surface area contributed by atoms with Crippen LogP contribution in [-0.4, -0.2) is 40.7 Å². The van der Waals surface area contributed by atoms with Crippen LogP contribution in [-0.2, 0) is 15.8 Å². The molecule has 0 amide bonds. The normalized spacial score (nSPS) is 17.5. The lowest BCUT2D eigenvalue weighted by molar-refractivity contribution is -0.0216. The zero-order chi connectivity index (χ0) is 27.3. The first-order valence-corrected chi connectivity index (χ1v) is 15.6. The molecule has 0 N–H and O–H groups in total. The molecule has 0 aliphatic carbocycles. The Morgan fingerprint density at radius 2 is 1.28 bits per heavy atom. The first-order valence-electron chi connectivity index (χ1n) is 13.7. The van der Waals surface area contributed by atoms with E-state index < -0.39 is 8.32 Å². The molecule has 39 heavy (non-hydrogen) atoms. The van der Waals surface area contributed by atoms with Crippen LogP contribution in [0.15, 0.2) is 115 Å². The number of rotatable bonds is 10. The number of methoxy groups -OCH3 is 1. The van der Waals surface area contributed by atoms with E-state index in [1.807, 2.05) is 18.2 Å². The van der Waals surface area contributed by atoms with Gasteiger partial charge in [0.2, 0.25) is 0 Å². The van der Waals surface area contributed by atoms with Crippen molar-refractivity contribution in [3.05, 3.63) is 121 Å². The molecule has 0 bridgehead atoms. The predicted octanol–water partition coefficient (Wildman–Crippen LogP) is 6.05. The highest BCUT2D eigenvalue weighted by atomic mass is 28.4. The van der Waals surface area contributed by atoms with Gasteiger partial charge in [-0.15, -0.1) is 0 Å². The van der Waals surface area contributed by atoms with Crippen molar-refractivity contribution in [2.24, 2.45) is 0 Å². The fourth-order valence-corrected chi connectivity index (χ4v) is 10.3. The van der Waals surface area contributed by atoms with E-state index in [1.54, 1.807) is 7.11 Å². The van der Waals surface area contributed by atoms with Gasteiger partial charge in [-0.05, 0) is 45.2 Å². The van der Waals surface area contributed by atoms with E-state index in [9.17, 15) is 0 Å². The van der Waals surface area contributed by atoms with E-state index in [4.69, 9.17) is 13.9 Å². The van der Waals surface area contributed by atoms with E-state index in [0.717, 1.165) is 18.0 Å². The molecule has 2 atom stereocenters. The highest BCUT2D eigenvalue weighted by Crippen LogP contribution is 2.38. The Morgan fingerprint density at radius 1 is 0.744 bits per heavy atom. The Hall–Kier alpha value is -3.38. The lowest BCUT2D eigenvalue weighted by Crippen LogP contribution is -2.70. The summed E-state index contributed by atoms with van der Waals surface area (Å²) in [6, 6.07) is 40.5. The fourth-order valence-electron chi connectivity index (χ4n) is 5.69. The maximum absolute atomic E-state index is 7.34. The van der Waals surface area contributed by atoms with Crippen molar-refractivity contribution in [1.82, 2.24) is 0 Å². The average Bonchev–Trinajstić information content (AvgIpc) is 2.96. The zero-order valence-corrected chi connectivity index (χ0v) is 24.4. The second-order valence-electron chi connectivity index (χ2n) is 11.2. The van der Waals surface area contributed by atoms with Crippen LogP contribution >= 0.6 is 0 Å². The van der Waals surface area contributed by atoms with E-state index in [1.165, 1.54) is 15.9 Å². The van der Waals surface area contributed by atoms with Crippen LogP contribution in [0.5, 0.6) is 5.75 Å². The molecule has 1 aliphatic heterocycles. The fraction of sp³-hybridized carbons (Fsp3) is 0.294. The molecule has 1 saturated heterocycles. The molecule has 0 radical (unpaired) electrons. The molecule has 0 saturated carbocycles. The van der Waals surface area contributed by atoms with Gasteiger partial charge in [0.15, 0.2) is 0 Å². The SMILES string of the molecule is COc1ccc(N2C[C@H](OCc3ccccc3)[C@H]2CO[Si](c2ccccc2)(c2ccccc2)C(C)(C)C)cc1. The van der Waals surface area contributed by atoms with Gasteiger partial charge < -0.3 is 18.8 Å². The number of hydrogen-bond acceptors (Lipinski definition) is 4.